The van der Waals surface area contributed by atoms with Crippen LogP contribution in [0.2, 0.25) is 0 Å². The highest BCUT2D eigenvalue weighted by molar-refractivity contribution is 5.26. The summed E-state index contributed by atoms with van der Waals surface area (Å²) in [5.74, 6) is 0.112. The van der Waals surface area contributed by atoms with Gasteiger partial charge in [0, 0.05) is 5.92 Å². The second-order valence-electron chi connectivity index (χ2n) is 5.31. The Hall–Kier alpha value is -1.60. The second-order valence-corrected chi connectivity index (χ2v) is 5.31. The Morgan fingerprint density at radius 3 is 1.89 bits per heavy atom. The van der Waals surface area contributed by atoms with E-state index in [1.165, 1.54) is 11.1 Å². The molecule has 0 aliphatic heterocycles. The van der Waals surface area contributed by atoms with E-state index in [1.54, 1.807) is 0 Å². The molecule has 0 heterocycles. The molecule has 0 aromatic heterocycles. The monoisotopic (exact) mass is 240 g/mol. The number of hydrogen-bond donors (Lipinski definition) is 1. The predicted molar refractivity (Wildman–Crippen MR) is 75.6 cm³/mol. The molecule has 1 N–H and O–H groups in total. The second kappa shape index (κ2) is 5.36. The predicted octanol–water partition coefficient (Wildman–Crippen LogP) is 3.78. The van der Waals surface area contributed by atoms with Crippen LogP contribution in [0.1, 0.15) is 30.9 Å². The fraction of sp³-hybridized carbons (Fsp3) is 0.294. The average molecular weight is 240 g/mol. The standard InChI is InChI=1S/C17H20O/c1-17(2,18)16(15-11-7-4-8-12-15)13-14-9-5-3-6-10-14/h3-12,16,18H,13H2,1-2H3/t16-/m1/s1. The topological polar surface area (TPSA) is 20.2 Å². The molecule has 0 aliphatic carbocycles. The van der Waals surface area contributed by atoms with Gasteiger partial charge in [0.05, 0.1) is 5.60 Å². The van der Waals surface area contributed by atoms with Gasteiger partial charge in [-0.05, 0) is 31.4 Å². The van der Waals surface area contributed by atoms with Gasteiger partial charge < -0.3 is 5.11 Å². The molecule has 0 amide bonds. The molecule has 2 aromatic rings. The van der Waals surface area contributed by atoms with Crippen molar-refractivity contribution in [3.05, 3.63) is 71.8 Å². The van der Waals surface area contributed by atoms with Gasteiger partial charge in [-0.15, -0.1) is 0 Å². The molecule has 1 atom stereocenters. The van der Waals surface area contributed by atoms with Crippen molar-refractivity contribution in [1.29, 1.82) is 0 Å². The molecule has 0 unspecified atom stereocenters. The molecule has 94 valence electrons. The van der Waals surface area contributed by atoms with Crippen LogP contribution in [-0.4, -0.2) is 10.7 Å². The molecule has 1 heteroatoms. The first kappa shape index (κ1) is 12.8. The molecule has 0 saturated carbocycles. The minimum atomic E-state index is -0.725. The number of benzene rings is 2. The summed E-state index contributed by atoms with van der Waals surface area (Å²) in [6.45, 7) is 3.77. The zero-order valence-electron chi connectivity index (χ0n) is 11.0. The minimum Gasteiger partial charge on any atom is -0.390 e. The lowest BCUT2D eigenvalue weighted by Gasteiger charge is -2.30. The van der Waals surface area contributed by atoms with E-state index in [-0.39, 0.29) is 5.92 Å². The van der Waals surface area contributed by atoms with Gasteiger partial charge in [0.15, 0.2) is 0 Å². The molecule has 1 nitrogen and oxygen atoms in total. The zero-order valence-corrected chi connectivity index (χ0v) is 11.0. The lowest BCUT2D eigenvalue weighted by atomic mass is 9.80. The van der Waals surface area contributed by atoms with Crippen molar-refractivity contribution in [2.24, 2.45) is 0 Å². The lowest BCUT2D eigenvalue weighted by molar-refractivity contribution is 0.0496. The van der Waals surface area contributed by atoms with E-state index in [0.717, 1.165) is 6.42 Å². The van der Waals surface area contributed by atoms with Crippen LogP contribution in [0.5, 0.6) is 0 Å². The molecular weight excluding hydrogens is 220 g/mol. The zero-order chi connectivity index (χ0) is 13.0. The van der Waals surface area contributed by atoms with Crippen LogP contribution in [0.15, 0.2) is 60.7 Å². The number of rotatable bonds is 4. The smallest absolute Gasteiger partial charge is 0.0663 e. The Morgan fingerprint density at radius 1 is 0.889 bits per heavy atom. The Bertz CT molecular complexity index is 468. The third-order valence-corrected chi connectivity index (χ3v) is 3.34. The SMILES string of the molecule is CC(C)(O)[C@H](Cc1ccccc1)c1ccccc1. The number of aliphatic hydroxyl groups is 1. The largest absolute Gasteiger partial charge is 0.390 e. The van der Waals surface area contributed by atoms with E-state index in [4.69, 9.17) is 0 Å². The van der Waals surface area contributed by atoms with Crippen molar-refractivity contribution in [2.75, 3.05) is 0 Å². The van der Waals surface area contributed by atoms with Crippen molar-refractivity contribution in [2.45, 2.75) is 31.8 Å². The van der Waals surface area contributed by atoms with Crippen molar-refractivity contribution in [3.63, 3.8) is 0 Å². The van der Waals surface area contributed by atoms with Crippen LogP contribution >= 0.6 is 0 Å². The van der Waals surface area contributed by atoms with Crippen LogP contribution in [0, 0.1) is 0 Å². The summed E-state index contributed by atoms with van der Waals surface area (Å²) in [5, 5.41) is 10.4. The van der Waals surface area contributed by atoms with Gasteiger partial charge in [0.1, 0.15) is 0 Å². The summed E-state index contributed by atoms with van der Waals surface area (Å²) in [5.41, 5.74) is 1.72. The van der Waals surface area contributed by atoms with Crippen molar-refractivity contribution < 1.29 is 5.11 Å². The van der Waals surface area contributed by atoms with Gasteiger partial charge in [-0.2, -0.15) is 0 Å². The Kier molecular flexibility index (Phi) is 3.83. The molecule has 0 saturated heterocycles. The Morgan fingerprint density at radius 2 is 1.39 bits per heavy atom. The summed E-state index contributed by atoms with van der Waals surface area (Å²) >= 11 is 0. The van der Waals surface area contributed by atoms with Crippen LogP contribution in [0.25, 0.3) is 0 Å². The fourth-order valence-corrected chi connectivity index (χ4v) is 2.31. The van der Waals surface area contributed by atoms with E-state index in [0.29, 0.717) is 0 Å². The number of hydrogen-bond acceptors (Lipinski definition) is 1. The first-order valence-electron chi connectivity index (χ1n) is 6.38. The normalized spacial score (nSPS) is 13.3. The van der Waals surface area contributed by atoms with Crippen LogP contribution < -0.4 is 0 Å². The van der Waals surface area contributed by atoms with Crippen molar-refractivity contribution in [3.8, 4) is 0 Å². The highest BCUT2D eigenvalue weighted by Gasteiger charge is 2.28. The van der Waals surface area contributed by atoms with E-state index in [1.807, 2.05) is 50.2 Å². The highest BCUT2D eigenvalue weighted by Crippen LogP contribution is 2.31. The third-order valence-electron chi connectivity index (χ3n) is 3.34. The Balaban J connectivity index is 2.28. The first-order valence-corrected chi connectivity index (χ1v) is 6.38. The minimum absolute atomic E-state index is 0.112. The first-order chi connectivity index (χ1) is 8.57. The lowest BCUT2D eigenvalue weighted by Crippen LogP contribution is -2.30. The maximum atomic E-state index is 10.4. The van der Waals surface area contributed by atoms with Crippen molar-refractivity contribution >= 4 is 0 Å². The van der Waals surface area contributed by atoms with Gasteiger partial charge in [-0.1, -0.05) is 60.7 Å². The van der Waals surface area contributed by atoms with Crippen LogP contribution in [-0.2, 0) is 6.42 Å². The van der Waals surface area contributed by atoms with E-state index >= 15 is 0 Å². The maximum absolute atomic E-state index is 10.4. The molecule has 0 aliphatic rings. The van der Waals surface area contributed by atoms with Crippen molar-refractivity contribution in [1.82, 2.24) is 0 Å². The summed E-state index contributed by atoms with van der Waals surface area (Å²) < 4.78 is 0. The van der Waals surface area contributed by atoms with Gasteiger partial charge >= 0.3 is 0 Å². The molecule has 2 aromatic carbocycles. The quantitative estimate of drug-likeness (QED) is 0.862. The van der Waals surface area contributed by atoms with Crippen LogP contribution in [0.4, 0.5) is 0 Å². The van der Waals surface area contributed by atoms with Gasteiger partial charge in [0.2, 0.25) is 0 Å². The average Bonchev–Trinajstić information content (AvgIpc) is 2.37. The highest BCUT2D eigenvalue weighted by atomic mass is 16.3. The van der Waals surface area contributed by atoms with E-state index < -0.39 is 5.60 Å². The molecule has 0 radical (unpaired) electrons. The van der Waals surface area contributed by atoms with E-state index in [9.17, 15) is 5.11 Å². The molecule has 0 spiro atoms. The maximum Gasteiger partial charge on any atom is 0.0663 e. The summed E-state index contributed by atoms with van der Waals surface area (Å²) in [6.07, 6.45) is 0.856. The summed E-state index contributed by atoms with van der Waals surface area (Å²) in [7, 11) is 0. The molecule has 0 fully saturated rings. The molecule has 18 heavy (non-hydrogen) atoms. The van der Waals surface area contributed by atoms with Gasteiger partial charge in [0.25, 0.3) is 0 Å². The third kappa shape index (κ3) is 3.21. The van der Waals surface area contributed by atoms with Crippen LogP contribution in [0.3, 0.4) is 0 Å². The molecular formula is C17H20O. The summed E-state index contributed by atoms with van der Waals surface area (Å²) in [6, 6.07) is 20.6. The fourth-order valence-electron chi connectivity index (χ4n) is 2.31. The molecule has 2 rings (SSSR count). The summed E-state index contributed by atoms with van der Waals surface area (Å²) in [4.78, 5) is 0. The van der Waals surface area contributed by atoms with E-state index in [2.05, 4.69) is 24.3 Å². The Labute approximate surface area is 109 Å². The molecule has 0 bridgehead atoms. The van der Waals surface area contributed by atoms with Gasteiger partial charge in [-0.25, -0.2) is 0 Å². The van der Waals surface area contributed by atoms with Gasteiger partial charge in [-0.3, -0.25) is 0 Å².